The zero-order valence-electron chi connectivity index (χ0n) is 14.9. The highest BCUT2D eigenvalue weighted by atomic mass is 19.1. The third-order valence-electron chi connectivity index (χ3n) is 4.39. The summed E-state index contributed by atoms with van der Waals surface area (Å²) in [4.78, 5) is 20.4. The van der Waals surface area contributed by atoms with Gasteiger partial charge in [0.15, 0.2) is 6.17 Å². The minimum Gasteiger partial charge on any atom is -0.386 e. The number of anilines is 1. The zero-order valence-corrected chi connectivity index (χ0v) is 14.9. The lowest BCUT2D eigenvalue weighted by Crippen LogP contribution is -2.35. The van der Waals surface area contributed by atoms with Crippen LogP contribution in [0.15, 0.2) is 41.5 Å². The Bertz CT molecular complexity index is 971. The van der Waals surface area contributed by atoms with Gasteiger partial charge in [-0.3, -0.25) is 9.79 Å². The summed E-state index contributed by atoms with van der Waals surface area (Å²) in [5.41, 5.74) is 4.68. The minimum absolute atomic E-state index is 0.0432. The van der Waals surface area contributed by atoms with Crippen molar-refractivity contribution in [1.82, 2.24) is 4.98 Å². The van der Waals surface area contributed by atoms with Crippen molar-refractivity contribution in [3.8, 4) is 6.07 Å². The fraction of sp³-hybridized carbons (Fsp3) is 0.263. The quantitative estimate of drug-likeness (QED) is 0.842. The zero-order chi connectivity index (χ0) is 20.3. The Morgan fingerprint density at radius 3 is 2.89 bits per heavy atom. The molecule has 3 rings (SSSR count). The van der Waals surface area contributed by atoms with E-state index in [4.69, 9.17) is 15.7 Å². The Balaban J connectivity index is 1.91. The Morgan fingerprint density at radius 1 is 1.43 bits per heavy atom. The van der Waals surface area contributed by atoms with Gasteiger partial charge in [0.1, 0.15) is 35.6 Å². The van der Waals surface area contributed by atoms with Crippen LogP contribution in [0.1, 0.15) is 28.5 Å². The van der Waals surface area contributed by atoms with Crippen molar-refractivity contribution in [1.29, 1.82) is 5.26 Å². The van der Waals surface area contributed by atoms with Crippen LogP contribution in [0.4, 0.5) is 14.5 Å². The number of ether oxygens (including phenoxy) is 1. The van der Waals surface area contributed by atoms with E-state index in [1.807, 2.05) is 6.07 Å². The summed E-state index contributed by atoms with van der Waals surface area (Å²) in [6.07, 6.45) is -0.364. The molecule has 7 nitrogen and oxygen atoms in total. The Kier molecular flexibility index (Phi) is 5.33. The number of hydrogen-bond donors (Lipinski definition) is 2. The van der Waals surface area contributed by atoms with E-state index in [1.54, 1.807) is 0 Å². The fourth-order valence-corrected chi connectivity index (χ4v) is 2.84. The molecule has 0 radical (unpaired) electrons. The number of nitrogens with one attached hydrogen (secondary N) is 1. The number of carbonyl (C=O) groups excluding carboxylic acids is 1. The summed E-state index contributed by atoms with van der Waals surface area (Å²) >= 11 is 0. The van der Waals surface area contributed by atoms with Crippen LogP contribution in [-0.4, -0.2) is 36.1 Å². The van der Waals surface area contributed by atoms with E-state index in [2.05, 4.69) is 15.3 Å². The van der Waals surface area contributed by atoms with E-state index in [-0.39, 0.29) is 36.0 Å². The molecule has 2 heterocycles. The van der Waals surface area contributed by atoms with Crippen LogP contribution in [-0.2, 0) is 10.3 Å². The Morgan fingerprint density at radius 2 is 2.21 bits per heavy atom. The molecule has 144 valence electrons. The van der Waals surface area contributed by atoms with Crippen LogP contribution in [0.3, 0.4) is 0 Å². The molecule has 1 aliphatic heterocycles. The van der Waals surface area contributed by atoms with Gasteiger partial charge in [0.05, 0.1) is 12.2 Å². The second-order valence-corrected chi connectivity index (χ2v) is 6.43. The first-order valence-corrected chi connectivity index (χ1v) is 8.37. The first kappa shape index (κ1) is 19.4. The monoisotopic (exact) mass is 385 g/mol. The number of benzene rings is 1. The maximum atomic E-state index is 14.7. The fourth-order valence-electron chi connectivity index (χ4n) is 2.84. The van der Waals surface area contributed by atoms with Gasteiger partial charge < -0.3 is 15.8 Å². The van der Waals surface area contributed by atoms with Crippen molar-refractivity contribution in [2.45, 2.75) is 18.6 Å². The van der Waals surface area contributed by atoms with Gasteiger partial charge in [0, 0.05) is 17.4 Å². The highest BCUT2D eigenvalue weighted by molar-refractivity contribution is 6.02. The number of aliphatic imine (C=N–C) groups is 1. The van der Waals surface area contributed by atoms with Gasteiger partial charge in [-0.1, -0.05) is 0 Å². The third kappa shape index (κ3) is 3.82. The topological polar surface area (TPSA) is 113 Å². The number of nitrogens with zero attached hydrogens (tertiary/aromatic N) is 3. The van der Waals surface area contributed by atoms with Crippen LogP contribution < -0.4 is 11.1 Å². The summed E-state index contributed by atoms with van der Waals surface area (Å²) in [6.45, 7) is 1.09. The van der Waals surface area contributed by atoms with Gasteiger partial charge in [-0.05, 0) is 37.3 Å². The van der Waals surface area contributed by atoms with Gasteiger partial charge >= 0.3 is 0 Å². The maximum Gasteiger partial charge on any atom is 0.274 e. The van der Waals surface area contributed by atoms with Crippen LogP contribution in [0.5, 0.6) is 0 Å². The number of halogens is 2. The second-order valence-electron chi connectivity index (χ2n) is 6.43. The lowest BCUT2D eigenvalue weighted by molar-refractivity contribution is 0.0754. The largest absolute Gasteiger partial charge is 0.386 e. The number of nitrogens with two attached hydrogens (primary N) is 1. The summed E-state index contributed by atoms with van der Waals surface area (Å²) < 4.78 is 34.3. The molecule has 0 bridgehead atoms. The number of aromatic nitrogens is 1. The smallest absolute Gasteiger partial charge is 0.274 e. The van der Waals surface area contributed by atoms with E-state index in [0.29, 0.717) is 5.56 Å². The SMILES string of the molecule is C[C@]1(c2cc(NC(=O)c3ccc(C#N)cn3)ccc2F)N=C(N)COC[C@@H]1F. The summed E-state index contributed by atoms with van der Waals surface area (Å²) in [7, 11) is 0. The molecule has 0 fully saturated rings. The van der Waals surface area contributed by atoms with Crippen molar-refractivity contribution in [2.24, 2.45) is 10.7 Å². The number of hydrogen-bond acceptors (Lipinski definition) is 6. The molecule has 1 aliphatic rings. The molecule has 2 aromatic rings. The first-order valence-electron chi connectivity index (χ1n) is 8.37. The number of alkyl halides is 1. The molecule has 0 unspecified atom stereocenters. The highest BCUT2D eigenvalue weighted by Crippen LogP contribution is 2.36. The molecule has 0 saturated carbocycles. The van der Waals surface area contributed by atoms with Gasteiger partial charge in [-0.25, -0.2) is 13.8 Å². The predicted molar refractivity (Wildman–Crippen MR) is 98.0 cm³/mol. The third-order valence-corrected chi connectivity index (χ3v) is 4.39. The number of amidine groups is 1. The lowest BCUT2D eigenvalue weighted by Gasteiger charge is -2.28. The van der Waals surface area contributed by atoms with Gasteiger partial charge in [0.25, 0.3) is 5.91 Å². The summed E-state index contributed by atoms with van der Waals surface area (Å²) in [5, 5.41) is 11.4. The predicted octanol–water partition coefficient (Wildman–Crippen LogP) is 2.29. The van der Waals surface area contributed by atoms with Crippen molar-refractivity contribution in [3.05, 3.63) is 59.2 Å². The minimum atomic E-state index is -1.63. The van der Waals surface area contributed by atoms with Crippen molar-refractivity contribution < 1.29 is 18.3 Å². The second kappa shape index (κ2) is 7.70. The van der Waals surface area contributed by atoms with Crippen molar-refractivity contribution in [2.75, 3.05) is 18.5 Å². The van der Waals surface area contributed by atoms with Crippen LogP contribution >= 0.6 is 0 Å². The number of nitriles is 1. The van der Waals surface area contributed by atoms with Crippen molar-refractivity contribution >= 4 is 17.4 Å². The van der Waals surface area contributed by atoms with Crippen molar-refractivity contribution in [3.63, 3.8) is 0 Å². The summed E-state index contributed by atoms with van der Waals surface area (Å²) in [5.74, 6) is -1.19. The number of amides is 1. The van der Waals surface area contributed by atoms with Crippen LogP contribution in [0.2, 0.25) is 0 Å². The average Bonchev–Trinajstić information content (AvgIpc) is 2.81. The first-order chi connectivity index (χ1) is 13.3. The molecular weight excluding hydrogens is 368 g/mol. The average molecular weight is 385 g/mol. The molecule has 2 atom stereocenters. The Labute approximate surface area is 159 Å². The molecule has 9 heteroatoms. The lowest BCUT2D eigenvalue weighted by atomic mass is 9.87. The van der Waals surface area contributed by atoms with Crippen LogP contribution in [0.25, 0.3) is 0 Å². The van der Waals surface area contributed by atoms with Gasteiger partial charge in [-0.15, -0.1) is 0 Å². The maximum absolute atomic E-state index is 14.7. The van der Waals surface area contributed by atoms with E-state index < -0.39 is 23.4 Å². The van der Waals surface area contributed by atoms with E-state index in [1.165, 1.54) is 37.4 Å². The number of rotatable bonds is 3. The molecular formula is C19H17F2N5O2. The molecule has 0 spiro atoms. The number of pyridine rings is 1. The molecule has 1 aromatic carbocycles. The molecule has 1 amide bonds. The standard InChI is InChI=1S/C19H17F2N5O2/c1-19(16(21)9-28-10-17(23)26-19)13-6-12(3-4-14(13)20)25-18(27)15-5-2-11(7-22)8-24-15/h2-6,8,16H,9-10H2,1H3,(H2,23,26)(H,25,27)/t16-,19+/m0/s1. The van der Waals surface area contributed by atoms with Gasteiger partial charge in [0.2, 0.25) is 0 Å². The van der Waals surface area contributed by atoms with E-state index in [0.717, 1.165) is 6.07 Å². The molecule has 0 saturated heterocycles. The molecule has 0 aliphatic carbocycles. The number of carbonyl (C=O) groups is 1. The van der Waals surface area contributed by atoms with Gasteiger partial charge in [-0.2, -0.15) is 5.26 Å². The Hall–Kier alpha value is -3.38. The summed E-state index contributed by atoms with van der Waals surface area (Å²) in [6, 6.07) is 8.53. The van der Waals surface area contributed by atoms with E-state index >= 15 is 0 Å². The molecule has 1 aromatic heterocycles. The molecule has 28 heavy (non-hydrogen) atoms. The molecule has 3 N–H and O–H groups in total. The van der Waals surface area contributed by atoms with Crippen LogP contribution in [0, 0.1) is 17.1 Å². The van der Waals surface area contributed by atoms with E-state index in [9.17, 15) is 13.6 Å². The highest BCUT2D eigenvalue weighted by Gasteiger charge is 2.40. The normalized spacial score (nSPS) is 21.9.